The number of aromatic nitrogens is 2. The molecule has 4 rings (SSSR count). The molecule has 1 aliphatic rings. The Morgan fingerprint density at radius 2 is 1.75 bits per heavy atom. The van der Waals surface area contributed by atoms with Gasteiger partial charge in [0.25, 0.3) is 11.5 Å². The number of carbonyl (C=O) groups is 1. The van der Waals surface area contributed by atoms with Gasteiger partial charge in [0.15, 0.2) is 0 Å². The van der Waals surface area contributed by atoms with E-state index in [0.29, 0.717) is 36.8 Å². The molecular weight excluding hydrogens is 428 g/mol. The average Bonchev–Trinajstić information content (AvgIpc) is 2.79. The van der Waals surface area contributed by atoms with Gasteiger partial charge < -0.3 is 14.8 Å². The summed E-state index contributed by atoms with van der Waals surface area (Å²) in [6, 6.07) is 13.3. The number of aryl methyl sites for hydroxylation is 2. The fourth-order valence-electron chi connectivity index (χ4n) is 3.99. The van der Waals surface area contributed by atoms with Crippen LogP contribution in [0.15, 0.2) is 58.3 Å². The summed E-state index contributed by atoms with van der Waals surface area (Å²) >= 11 is 6.18. The van der Waals surface area contributed by atoms with E-state index in [-0.39, 0.29) is 18.0 Å². The molecule has 2 aromatic carbocycles. The van der Waals surface area contributed by atoms with Crippen molar-refractivity contribution in [2.45, 2.75) is 20.4 Å². The molecule has 3 aromatic rings. The maximum Gasteiger partial charge on any atom is 0.328 e. The van der Waals surface area contributed by atoms with Gasteiger partial charge in [-0.25, -0.2) is 4.79 Å². The average molecular weight is 453 g/mol. The first-order valence-corrected chi connectivity index (χ1v) is 10.9. The van der Waals surface area contributed by atoms with Gasteiger partial charge in [0.05, 0.1) is 6.54 Å². The summed E-state index contributed by atoms with van der Waals surface area (Å²) in [5.74, 6) is -0.375. The van der Waals surface area contributed by atoms with Crippen LogP contribution in [0.25, 0.3) is 0 Å². The van der Waals surface area contributed by atoms with E-state index in [1.807, 2.05) is 0 Å². The van der Waals surface area contributed by atoms with E-state index in [4.69, 9.17) is 11.6 Å². The van der Waals surface area contributed by atoms with E-state index in [9.17, 15) is 14.4 Å². The molecular formula is C24H25ClN4O3. The summed E-state index contributed by atoms with van der Waals surface area (Å²) < 4.78 is 1.01. The lowest BCUT2D eigenvalue weighted by Gasteiger charge is -2.37. The van der Waals surface area contributed by atoms with Crippen LogP contribution in [0.2, 0.25) is 5.02 Å². The number of piperazine rings is 1. The van der Waals surface area contributed by atoms with Crippen molar-refractivity contribution in [1.29, 1.82) is 0 Å². The van der Waals surface area contributed by atoms with Crippen LogP contribution >= 0.6 is 11.6 Å². The number of nitrogens with one attached hydrogen (secondary N) is 1. The zero-order valence-electron chi connectivity index (χ0n) is 18.1. The van der Waals surface area contributed by atoms with Crippen molar-refractivity contribution in [2.24, 2.45) is 0 Å². The number of H-pyrrole nitrogens is 1. The lowest BCUT2D eigenvalue weighted by Crippen LogP contribution is -2.50. The van der Waals surface area contributed by atoms with Gasteiger partial charge in [-0.15, -0.1) is 0 Å². The van der Waals surface area contributed by atoms with Gasteiger partial charge in [-0.1, -0.05) is 41.9 Å². The van der Waals surface area contributed by atoms with Crippen molar-refractivity contribution < 1.29 is 4.79 Å². The molecule has 1 saturated heterocycles. The first kappa shape index (κ1) is 21.9. The van der Waals surface area contributed by atoms with E-state index in [0.717, 1.165) is 4.57 Å². The second-order valence-electron chi connectivity index (χ2n) is 8.06. The normalized spacial score (nSPS) is 14.0. The summed E-state index contributed by atoms with van der Waals surface area (Å²) in [5, 5.41) is 0.457. The lowest BCUT2D eigenvalue weighted by atomic mass is 10.1. The van der Waals surface area contributed by atoms with Crippen LogP contribution < -0.4 is 16.1 Å². The number of benzene rings is 2. The summed E-state index contributed by atoms with van der Waals surface area (Å²) in [6.45, 7) is 6.47. The molecule has 0 unspecified atom stereocenters. The first-order valence-electron chi connectivity index (χ1n) is 10.5. The van der Waals surface area contributed by atoms with Gasteiger partial charge in [0.1, 0.15) is 5.56 Å². The Labute approximate surface area is 190 Å². The van der Waals surface area contributed by atoms with E-state index in [1.54, 1.807) is 29.2 Å². The van der Waals surface area contributed by atoms with Gasteiger partial charge in [-0.2, -0.15) is 0 Å². The van der Waals surface area contributed by atoms with Gasteiger partial charge in [-0.05, 0) is 42.7 Å². The van der Waals surface area contributed by atoms with Crippen LogP contribution in [0.3, 0.4) is 0 Å². The summed E-state index contributed by atoms with van der Waals surface area (Å²) in [5.41, 5.74) is 2.95. The van der Waals surface area contributed by atoms with Crippen LogP contribution in [-0.2, 0) is 6.54 Å². The van der Waals surface area contributed by atoms with Crippen molar-refractivity contribution in [2.75, 3.05) is 31.1 Å². The minimum Gasteiger partial charge on any atom is -0.368 e. The molecule has 1 aromatic heterocycles. The molecule has 1 aliphatic heterocycles. The zero-order valence-corrected chi connectivity index (χ0v) is 18.9. The third-order valence-electron chi connectivity index (χ3n) is 5.85. The molecule has 32 heavy (non-hydrogen) atoms. The van der Waals surface area contributed by atoms with Crippen molar-refractivity contribution in [1.82, 2.24) is 14.5 Å². The number of aromatic amines is 1. The highest BCUT2D eigenvalue weighted by molar-refractivity contribution is 6.31. The minimum atomic E-state index is -0.615. The molecule has 2 heterocycles. The predicted octanol–water partition coefficient (Wildman–Crippen LogP) is 2.82. The van der Waals surface area contributed by atoms with Crippen LogP contribution in [0.4, 0.5) is 5.69 Å². The quantitative estimate of drug-likeness (QED) is 0.660. The van der Waals surface area contributed by atoms with Gasteiger partial charge in [-0.3, -0.25) is 14.2 Å². The Morgan fingerprint density at radius 1 is 1.03 bits per heavy atom. The Morgan fingerprint density at radius 3 is 2.47 bits per heavy atom. The molecule has 1 fully saturated rings. The first-order chi connectivity index (χ1) is 15.3. The van der Waals surface area contributed by atoms with E-state index < -0.39 is 11.2 Å². The molecule has 0 aliphatic carbocycles. The molecule has 0 spiro atoms. The fourth-order valence-corrected chi connectivity index (χ4v) is 4.18. The van der Waals surface area contributed by atoms with Crippen molar-refractivity contribution >= 4 is 23.2 Å². The highest BCUT2D eigenvalue weighted by atomic mass is 35.5. The van der Waals surface area contributed by atoms with Crippen molar-refractivity contribution in [3.05, 3.63) is 96.8 Å². The molecule has 1 N–H and O–H groups in total. The number of amides is 1. The van der Waals surface area contributed by atoms with E-state index >= 15 is 0 Å². The number of hydrogen-bond donors (Lipinski definition) is 1. The molecule has 0 radical (unpaired) electrons. The second-order valence-corrected chi connectivity index (χ2v) is 8.47. The molecule has 0 bridgehead atoms. The number of rotatable bonds is 4. The number of nitrogens with zero attached hydrogens (tertiary/aromatic N) is 3. The van der Waals surface area contributed by atoms with Crippen molar-refractivity contribution in [3.63, 3.8) is 0 Å². The van der Waals surface area contributed by atoms with Crippen molar-refractivity contribution in [3.8, 4) is 0 Å². The summed E-state index contributed by atoms with van der Waals surface area (Å²) in [7, 11) is 0. The minimum absolute atomic E-state index is 0.00459. The number of carbonyl (C=O) groups excluding carboxylic acids is 1. The molecule has 166 valence electrons. The summed E-state index contributed by atoms with van der Waals surface area (Å²) in [6.07, 6.45) is 1.22. The smallest absolute Gasteiger partial charge is 0.328 e. The standard InChI is InChI=1S/C24H25ClN4O3/c1-16-7-8-17(2)21(13-16)27-9-11-28(12-10-27)22(30)19-14-26-24(32)29(23(19)31)15-18-5-3-4-6-20(18)25/h3-8,13-14H,9-12,15H2,1-2H3,(H,26,32). The highest BCUT2D eigenvalue weighted by Crippen LogP contribution is 2.23. The topological polar surface area (TPSA) is 78.4 Å². The second kappa shape index (κ2) is 9.04. The largest absolute Gasteiger partial charge is 0.368 e. The van der Waals surface area contributed by atoms with Gasteiger partial charge in [0, 0.05) is 43.1 Å². The SMILES string of the molecule is Cc1ccc(C)c(N2CCN(C(=O)c3c[nH]c(=O)n(Cc4ccccc4Cl)c3=O)CC2)c1. The van der Waals surface area contributed by atoms with Crippen LogP contribution in [0, 0.1) is 13.8 Å². The maximum absolute atomic E-state index is 13.1. The third kappa shape index (κ3) is 4.34. The number of anilines is 1. The monoisotopic (exact) mass is 452 g/mol. The van der Waals surface area contributed by atoms with Crippen LogP contribution in [0.5, 0.6) is 0 Å². The predicted molar refractivity (Wildman–Crippen MR) is 126 cm³/mol. The van der Waals surface area contributed by atoms with Crippen LogP contribution in [0.1, 0.15) is 27.0 Å². The summed E-state index contributed by atoms with van der Waals surface area (Å²) in [4.78, 5) is 44.9. The number of hydrogen-bond acceptors (Lipinski definition) is 4. The van der Waals surface area contributed by atoms with E-state index in [2.05, 4.69) is 41.9 Å². The molecule has 1 amide bonds. The van der Waals surface area contributed by atoms with Gasteiger partial charge >= 0.3 is 5.69 Å². The highest BCUT2D eigenvalue weighted by Gasteiger charge is 2.26. The van der Waals surface area contributed by atoms with Gasteiger partial charge in [0.2, 0.25) is 0 Å². The molecule has 0 saturated carbocycles. The Hall–Kier alpha value is -3.32. The third-order valence-corrected chi connectivity index (χ3v) is 6.22. The van der Waals surface area contributed by atoms with E-state index in [1.165, 1.54) is 23.0 Å². The molecule has 7 nitrogen and oxygen atoms in total. The Bertz CT molecular complexity index is 1270. The molecule has 8 heteroatoms. The van der Waals surface area contributed by atoms with Crippen LogP contribution in [-0.4, -0.2) is 46.5 Å². The molecule has 0 atom stereocenters. The number of halogens is 1. The Kier molecular flexibility index (Phi) is 6.19. The maximum atomic E-state index is 13.1. The lowest BCUT2D eigenvalue weighted by molar-refractivity contribution is 0.0743. The fraction of sp³-hybridized carbons (Fsp3) is 0.292. The Balaban J connectivity index is 1.53. The zero-order chi connectivity index (χ0) is 22.8.